The van der Waals surface area contributed by atoms with Crippen LogP contribution in [-0.2, 0) is 4.74 Å². The minimum atomic E-state index is 0.269. The molecule has 0 amide bonds. The standard InChI is InChI=1S/C14H16N2O2/c17-13-1-2-14-11(6-13)5-12(8-16-14)15-7-10-3-4-18-9-10/h1-2,5-6,8,10,15,17H,3-4,7,9H2/t10-/m1/s1. The maximum absolute atomic E-state index is 9.46. The largest absolute Gasteiger partial charge is 0.508 e. The van der Waals surface area contributed by atoms with Gasteiger partial charge in [-0.2, -0.15) is 0 Å². The third-order valence-corrected chi connectivity index (χ3v) is 3.28. The number of nitrogens with one attached hydrogen (secondary N) is 1. The molecule has 2 aromatic rings. The molecule has 2 heterocycles. The van der Waals surface area contributed by atoms with Gasteiger partial charge in [-0.1, -0.05) is 0 Å². The fourth-order valence-electron chi connectivity index (χ4n) is 2.22. The Balaban J connectivity index is 1.75. The summed E-state index contributed by atoms with van der Waals surface area (Å²) >= 11 is 0. The molecule has 0 saturated carbocycles. The number of fused-ring (bicyclic) bond motifs is 1. The van der Waals surface area contributed by atoms with Crippen LogP contribution in [0.5, 0.6) is 5.75 Å². The number of ether oxygens (including phenoxy) is 1. The third kappa shape index (κ3) is 2.38. The molecule has 1 aliphatic heterocycles. The van der Waals surface area contributed by atoms with E-state index in [9.17, 15) is 5.11 Å². The Morgan fingerprint density at radius 1 is 1.39 bits per heavy atom. The Bertz CT molecular complexity index is 550. The fraction of sp³-hybridized carbons (Fsp3) is 0.357. The number of phenols is 1. The van der Waals surface area contributed by atoms with Gasteiger partial charge in [0.1, 0.15) is 5.75 Å². The van der Waals surface area contributed by atoms with Crippen molar-refractivity contribution < 1.29 is 9.84 Å². The Labute approximate surface area is 106 Å². The maximum Gasteiger partial charge on any atom is 0.116 e. The Kier molecular flexibility index (Phi) is 3.02. The van der Waals surface area contributed by atoms with E-state index < -0.39 is 0 Å². The summed E-state index contributed by atoms with van der Waals surface area (Å²) in [7, 11) is 0. The highest BCUT2D eigenvalue weighted by molar-refractivity contribution is 5.82. The molecule has 0 spiro atoms. The number of aromatic nitrogens is 1. The second kappa shape index (κ2) is 4.82. The van der Waals surface area contributed by atoms with E-state index in [0.29, 0.717) is 5.92 Å². The van der Waals surface area contributed by atoms with Crippen molar-refractivity contribution in [2.24, 2.45) is 5.92 Å². The van der Waals surface area contributed by atoms with Gasteiger partial charge in [0, 0.05) is 24.5 Å². The molecule has 0 radical (unpaired) electrons. The predicted molar refractivity (Wildman–Crippen MR) is 70.8 cm³/mol. The molecule has 0 aliphatic carbocycles. The van der Waals surface area contributed by atoms with E-state index in [1.54, 1.807) is 12.1 Å². The van der Waals surface area contributed by atoms with E-state index in [1.165, 1.54) is 0 Å². The first-order chi connectivity index (χ1) is 8.81. The molecule has 1 atom stereocenters. The highest BCUT2D eigenvalue weighted by Crippen LogP contribution is 2.21. The van der Waals surface area contributed by atoms with Gasteiger partial charge in [0.2, 0.25) is 0 Å². The summed E-state index contributed by atoms with van der Waals surface area (Å²) in [6.07, 6.45) is 2.95. The fourth-order valence-corrected chi connectivity index (χ4v) is 2.22. The zero-order valence-corrected chi connectivity index (χ0v) is 10.1. The second-order valence-electron chi connectivity index (χ2n) is 4.71. The third-order valence-electron chi connectivity index (χ3n) is 3.28. The Morgan fingerprint density at radius 3 is 3.17 bits per heavy atom. The molecule has 1 fully saturated rings. The van der Waals surface area contributed by atoms with Crippen molar-refractivity contribution in [2.75, 3.05) is 25.1 Å². The van der Waals surface area contributed by atoms with Crippen LogP contribution in [0.1, 0.15) is 6.42 Å². The number of aromatic hydroxyl groups is 1. The van der Waals surface area contributed by atoms with Crippen LogP contribution in [0.4, 0.5) is 5.69 Å². The zero-order chi connectivity index (χ0) is 12.4. The molecule has 18 heavy (non-hydrogen) atoms. The number of pyridine rings is 1. The molecule has 3 rings (SSSR count). The van der Waals surface area contributed by atoms with Crippen LogP contribution in [0.25, 0.3) is 10.9 Å². The van der Waals surface area contributed by atoms with Crippen LogP contribution in [0, 0.1) is 5.92 Å². The molecule has 94 valence electrons. The zero-order valence-electron chi connectivity index (χ0n) is 10.1. The van der Waals surface area contributed by atoms with E-state index in [0.717, 1.165) is 42.8 Å². The van der Waals surface area contributed by atoms with Crippen molar-refractivity contribution in [2.45, 2.75) is 6.42 Å². The summed E-state index contributed by atoms with van der Waals surface area (Å²) < 4.78 is 5.34. The lowest BCUT2D eigenvalue weighted by Gasteiger charge is -2.11. The topological polar surface area (TPSA) is 54.4 Å². The number of nitrogens with zero attached hydrogens (tertiary/aromatic N) is 1. The van der Waals surface area contributed by atoms with Crippen LogP contribution in [0.15, 0.2) is 30.5 Å². The number of hydrogen-bond donors (Lipinski definition) is 2. The van der Waals surface area contributed by atoms with Crippen molar-refractivity contribution in [3.63, 3.8) is 0 Å². The lowest BCUT2D eigenvalue weighted by atomic mass is 10.1. The van der Waals surface area contributed by atoms with Gasteiger partial charge in [-0.3, -0.25) is 4.98 Å². The van der Waals surface area contributed by atoms with Gasteiger partial charge in [0.25, 0.3) is 0 Å². The molecule has 2 N–H and O–H groups in total. The van der Waals surface area contributed by atoms with Gasteiger partial charge in [-0.05, 0) is 30.7 Å². The Morgan fingerprint density at radius 2 is 2.33 bits per heavy atom. The van der Waals surface area contributed by atoms with Crippen LogP contribution in [0.2, 0.25) is 0 Å². The van der Waals surface area contributed by atoms with Crippen molar-refractivity contribution in [3.8, 4) is 5.75 Å². The number of anilines is 1. The van der Waals surface area contributed by atoms with Crippen LogP contribution < -0.4 is 5.32 Å². The van der Waals surface area contributed by atoms with Crippen molar-refractivity contribution in [3.05, 3.63) is 30.5 Å². The van der Waals surface area contributed by atoms with E-state index in [-0.39, 0.29) is 5.75 Å². The number of hydrogen-bond acceptors (Lipinski definition) is 4. The minimum absolute atomic E-state index is 0.269. The molecule has 4 nitrogen and oxygen atoms in total. The lowest BCUT2D eigenvalue weighted by molar-refractivity contribution is 0.187. The average Bonchev–Trinajstić information content (AvgIpc) is 2.89. The summed E-state index contributed by atoms with van der Waals surface area (Å²) in [4.78, 5) is 4.36. The molecule has 1 aliphatic rings. The molecular weight excluding hydrogens is 228 g/mol. The van der Waals surface area contributed by atoms with Crippen molar-refractivity contribution in [1.29, 1.82) is 0 Å². The molecule has 0 unspecified atom stereocenters. The Hall–Kier alpha value is -1.81. The quantitative estimate of drug-likeness (QED) is 0.870. The van der Waals surface area contributed by atoms with E-state index in [4.69, 9.17) is 4.74 Å². The molecule has 1 saturated heterocycles. The van der Waals surface area contributed by atoms with Gasteiger partial charge in [-0.25, -0.2) is 0 Å². The minimum Gasteiger partial charge on any atom is -0.508 e. The summed E-state index contributed by atoms with van der Waals surface area (Å²) in [6.45, 7) is 2.62. The smallest absolute Gasteiger partial charge is 0.116 e. The summed E-state index contributed by atoms with van der Waals surface area (Å²) in [5.41, 5.74) is 1.88. The summed E-state index contributed by atoms with van der Waals surface area (Å²) in [6, 6.07) is 7.21. The normalized spacial score (nSPS) is 19.2. The van der Waals surface area contributed by atoms with E-state index in [1.807, 2.05) is 18.3 Å². The monoisotopic (exact) mass is 244 g/mol. The van der Waals surface area contributed by atoms with Gasteiger partial charge < -0.3 is 15.2 Å². The van der Waals surface area contributed by atoms with Gasteiger partial charge in [0.05, 0.1) is 24.0 Å². The van der Waals surface area contributed by atoms with Crippen molar-refractivity contribution >= 4 is 16.6 Å². The van der Waals surface area contributed by atoms with Gasteiger partial charge in [0.15, 0.2) is 0 Å². The molecule has 1 aromatic heterocycles. The second-order valence-corrected chi connectivity index (χ2v) is 4.71. The molecular formula is C14H16N2O2. The number of benzene rings is 1. The van der Waals surface area contributed by atoms with Gasteiger partial charge in [-0.15, -0.1) is 0 Å². The van der Waals surface area contributed by atoms with E-state index in [2.05, 4.69) is 10.3 Å². The average molecular weight is 244 g/mol. The van der Waals surface area contributed by atoms with Crippen LogP contribution in [0.3, 0.4) is 0 Å². The molecule has 4 heteroatoms. The predicted octanol–water partition coefficient (Wildman–Crippen LogP) is 2.39. The summed E-state index contributed by atoms with van der Waals surface area (Å²) in [5.74, 6) is 0.857. The highest BCUT2D eigenvalue weighted by atomic mass is 16.5. The first kappa shape index (κ1) is 11.3. The first-order valence-electron chi connectivity index (χ1n) is 6.22. The molecule has 1 aromatic carbocycles. The maximum atomic E-state index is 9.46. The van der Waals surface area contributed by atoms with Crippen LogP contribution in [-0.4, -0.2) is 29.8 Å². The van der Waals surface area contributed by atoms with Crippen molar-refractivity contribution in [1.82, 2.24) is 4.98 Å². The molecule has 0 bridgehead atoms. The lowest BCUT2D eigenvalue weighted by Crippen LogP contribution is -2.14. The van der Waals surface area contributed by atoms with Crippen LogP contribution >= 0.6 is 0 Å². The highest BCUT2D eigenvalue weighted by Gasteiger charge is 2.14. The first-order valence-corrected chi connectivity index (χ1v) is 6.22. The van der Waals surface area contributed by atoms with Gasteiger partial charge >= 0.3 is 0 Å². The summed E-state index contributed by atoms with van der Waals surface area (Å²) in [5, 5.41) is 13.8. The van der Waals surface area contributed by atoms with E-state index >= 15 is 0 Å². The number of phenolic OH excluding ortho intramolecular Hbond substituents is 1. The SMILES string of the molecule is Oc1ccc2ncc(NC[C@H]3CCOC3)cc2c1. The number of rotatable bonds is 3.